The van der Waals surface area contributed by atoms with Gasteiger partial charge < -0.3 is 16.2 Å². The molecule has 0 saturated heterocycles. The fourth-order valence-electron chi connectivity index (χ4n) is 1.79. The summed E-state index contributed by atoms with van der Waals surface area (Å²) in [4.78, 5) is 13.4. The number of benzene rings is 1. The fourth-order valence-corrected chi connectivity index (χ4v) is 1.79. The highest BCUT2D eigenvalue weighted by Gasteiger charge is 2.17. The van der Waals surface area contributed by atoms with Crippen LogP contribution in [0.25, 0.3) is 0 Å². The predicted octanol–water partition coefficient (Wildman–Crippen LogP) is 1.05. The fraction of sp³-hybridized carbons (Fsp3) is 0.462. The van der Waals surface area contributed by atoms with E-state index in [2.05, 4.69) is 5.32 Å². The van der Waals surface area contributed by atoms with E-state index in [1.807, 2.05) is 0 Å². The van der Waals surface area contributed by atoms with Crippen molar-refractivity contribution in [3.8, 4) is 0 Å². The lowest BCUT2D eigenvalue weighted by Crippen LogP contribution is -2.40. The summed E-state index contributed by atoms with van der Waals surface area (Å²) in [5.74, 6) is -0.899. The second-order valence-corrected chi connectivity index (χ2v) is 5.27. The number of nitrogen functional groups attached to an aromatic ring is 1. The van der Waals surface area contributed by atoms with Gasteiger partial charge in [-0.25, -0.2) is 4.39 Å². The van der Waals surface area contributed by atoms with Crippen LogP contribution < -0.4 is 11.1 Å². The summed E-state index contributed by atoms with van der Waals surface area (Å²) in [7, 11) is 1.70. The molecule has 0 aliphatic heterocycles. The first-order valence-electron chi connectivity index (χ1n) is 5.93. The average molecular weight is 269 g/mol. The van der Waals surface area contributed by atoms with Gasteiger partial charge in [0.25, 0.3) is 0 Å². The molecule has 19 heavy (non-hydrogen) atoms. The molecule has 1 aromatic carbocycles. The Kier molecular flexibility index (Phi) is 4.85. The number of aliphatic hydroxyl groups is 1. The van der Waals surface area contributed by atoms with Crippen LogP contribution in [0.2, 0.25) is 0 Å². The summed E-state index contributed by atoms with van der Waals surface area (Å²) in [5.41, 5.74) is 5.07. The zero-order valence-corrected chi connectivity index (χ0v) is 11.4. The molecule has 0 heterocycles. The molecule has 1 rings (SSSR count). The smallest absolute Gasteiger partial charge is 0.238 e. The molecular weight excluding hydrogens is 249 g/mol. The Labute approximate surface area is 112 Å². The van der Waals surface area contributed by atoms with E-state index in [9.17, 15) is 14.3 Å². The van der Waals surface area contributed by atoms with E-state index in [0.29, 0.717) is 12.2 Å². The molecule has 0 unspecified atom stereocenters. The van der Waals surface area contributed by atoms with Crippen LogP contribution in [0.4, 0.5) is 15.8 Å². The van der Waals surface area contributed by atoms with Gasteiger partial charge in [0.1, 0.15) is 5.82 Å². The van der Waals surface area contributed by atoms with Crippen molar-refractivity contribution in [2.24, 2.45) is 0 Å². The highest BCUT2D eigenvalue weighted by molar-refractivity contribution is 5.92. The van der Waals surface area contributed by atoms with Gasteiger partial charge in [0, 0.05) is 12.2 Å². The molecule has 0 radical (unpaired) electrons. The molecule has 0 spiro atoms. The number of nitrogens with two attached hydrogens (primary N) is 1. The molecule has 0 bridgehead atoms. The van der Waals surface area contributed by atoms with Crippen LogP contribution in [-0.2, 0) is 4.79 Å². The number of anilines is 2. The lowest BCUT2D eigenvalue weighted by atomic mass is 10.1. The Morgan fingerprint density at radius 3 is 2.74 bits per heavy atom. The van der Waals surface area contributed by atoms with Crippen molar-refractivity contribution in [2.75, 3.05) is 31.2 Å². The van der Waals surface area contributed by atoms with Gasteiger partial charge in [-0.3, -0.25) is 9.69 Å². The summed E-state index contributed by atoms with van der Waals surface area (Å²) >= 11 is 0. The van der Waals surface area contributed by atoms with Gasteiger partial charge in [-0.1, -0.05) is 0 Å². The van der Waals surface area contributed by atoms with Crippen LogP contribution >= 0.6 is 0 Å². The number of hydrogen-bond acceptors (Lipinski definition) is 4. The van der Waals surface area contributed by atoms with Crippen molar-refractivity contribution < 1.29 is 14.3 Å². The third-order valence-corrected chi connectivity index (χ3v) is 2.33. The molecule has 4 N–H and O–H groups in total. The minimum Gasteiger partial charge on any atom is -0.399 e. The van der Waals surface area contributed by atoms with Crippen molar-refractivity contribution in [3.05, 3.63) is 24.0 Å². The first-order valence-corrected chi connectivity index (χ1v) is 5.93. The molecule has 0 aliphatic rings. The average Bonchev–Trinajstić information content (AvgIpc) is 2.20. The van der Waals surface area contributed by atoms with Gasteiger partial charge in [-0.15, -0.1) is 0 Å². The number of nitrogens with zero attached hydrogens (tertiary/aromatic N) is 1. The van der Waals surface area contributed by atoms with Crippen LogP contribution in [0.3, 0.4) is 0 Å². The monoisotopic (exact) mass is 269 g/mol. The summed E-state index contributed by atoms with van der Waals surface area (Å²) in [6.45, 7) is 3.69. The Morgan fingerprint density at radius 2 is 2.16 bits per heavy atom. The normalized spacial score (nSPS) is 11.7. The van der Waals surface area contributed by atoms with Gasteiger partial charge >= 0.3 is 0 Å². The largest absolute Gasteiger partial charge is 0.399 e. The van der Waals surface area contributed by atoms with E-state index in [-0.39, 0.29) is 18.1 Å². The minimum atomic E-state index is -0.891. The van der Waals surface area contributed by atoms with Crippen molar-refractivity contribution in [2.45, 2.75) is 19.4 Å². The standard InChI is InChI=1S/C13H20FN3O2/c1-13(2,19)8-17(3)7-12(18)16-11-6-9(15)4-5-10(11)14/h4-6,19H,7-8,15H2,1-3H3,(H,16,18). The second kappa shape index (κ2) is 5.99. The minimum absolute atomic E-state index is 0.0538. The van der Waals surface area contributed by atoms with Gasteiger partial charge in [-0.2, -0.15) is 0 Å². The van der Waals surface area contributed by atoms with E-state index in [0.717, 1.165) is 0 Å². The van der Waals surface area contributed by atoms with Crippen LogP contribution in [0.15, 0.2) is 18.2 Å². The number of hydrogen-bond donors (Lipinski definition) is 3. The van der Waals surface area contributed by atoms with Crippen LogP contribution in [0.1, 0.15) is 13.8 Å². The molecule has 0 aliphatic carbocycles. The second-order valence-electron chi connectivity index (χ2n) is 5.27. The molecule has 6 heteroatoms. The number of nitrogens with one attached hydrogen (secondary N) is 1. The molecule has 106 valence electrons. The Hall–Kier alpha value is -1.66. The third kappa shape index (κ3) is 5.67. The molecule has 1 aromatic rings. The van der Waals surface area contributed by atoms with E-state index < -0.39 is 11.4 Å². The van der Waals surface area contributed by atoms with Gasteiger partial charge in [0.15, 0.2) is 0 Å². The summed E-state index contributed by atoms with van der Waals surface area (Å²) in [5, 5.41) is 12.1. The first-order chi connectivity index (χ1) is 8.67. The maximum Gasteiger partial charge on any atom is 0.238 e. The van der Waals surface area contributed by atoms with E-state index >= 15 is 0 Å². The molecule has 0 fully saturated rings. The Bertz CT molecular complexity index is 458. The molecule has 0 aromatic heterocycles. The lowest BCUT2D eigenvalue weighted by Gasteiger charge is -2.24. The zero-order chi connectivity index (χ0) is 14.6. The molecule has 1 amide bonds. The number of halogens is 1. The highest BCUT2D eigenvalue weighted by Crippen LogP contribution is 2.17. The van der Waals surface area contributed by atoms with Gasteiger partial charge in [0.2, 0.25) is 5.91 Å². The summed E-state index contributed by atoms with van der Waals surface area (Å²) in [6.07, 6.45) is 0. The maximum absolute atomic E-state index is 13.4. The topological polar surface area (TPSA) is 78.6 Å². The van der Waals surface area contributed by atoms with Crippen molar-refractivity contribution in [1.82, 2.24) is 4.90 Å². The highest BCUT2D eigenvalue weighted by atomic mass is 19.1. The quantitative estimate of drug-likeness (QED) is 0.698. The number of carbonyl (C=O) groups is 1. The molecular formula is C13H20FN3O2. The number of rotatable bonds is 5. The van der Waals surface area contributed by atoms with Crippen LogP contribution in [0, 0.1) is 5.82 Å². The SMILES string of the molecule is CN(CC(=O)Nc1cc(N)ccc1F)CC(C)(C)O. The van der Waals surface area contributed by atoms with Crippen molar-refractivity contribution >= 4 is 17.3 Å². The number of carbonyl (C=O) groups excluding carboxylic acids is 1. The maximum atomic E-state index is 13.4. The van der Waals surface area contributed by atoms with E-state index in [4.69, 9.17) is 5.73 Å². The summed E-state index contributed by atoms with van der Waals surface area (Å²) < 4.78 is 13.4. The van der Waals surface area contributed by atoms with Crippen molar-refractivity contribution in [3.63, 3.8) is 0 Å². The van der Waals surface area contributed by atoms with Crippen LogP contribution in [0.5, 0.6) is 0 Å². The molecule has 5 nitrogen and oxygen atoms in total. The first kappa shape index (κ1) is 15.4. The molecule has 0 saturated carbocycles. The Morgan fingerprint density at radius 1 is 1.53 bits per heavy atom. The van der Waals surface area contributed by atoms with E-state index in [1.54, 1.807) is 25.8 Å². The summed E-state index contributed by atoms with van der Waals surface area (Å²) in [6, 6.07) is 3.99. The van der Waals surface area contributed by atoms with E-state index in [1.165, 1.54) is 18.2 Å². The third-order valence-electron chi connectivity index (χ3n) is 2.33. The van der Waals surface area contributed by atoms with Crippen molar-refractivity contribution in [1.29, 1.82) is 0 Å². The van der Waals surface area contributed by atoms with Gasteiger partial charge in [0.05, 0.1) is 17.8 Å². The van der Waals surface area contributed by atoms with Gasteiger partial charge in [-0.05, 0) is 39.1 Å². The lowest BCUT2D eigenvalue weighted by molar-refractivity contribution is -0.117. The predicted molar refractivity (Wildman–Crippen MR) is 73.2 cm³/mol. The molecule has 0 atom stereocenters. The Balaban J connectivity index is 2.58. The number of likely N-dealkylation sites (N-methyl/N-ethyl adjacent to an activating group) is 1. The number of amides is 1. The van der Waals surface area contributed by atoms with Crippen LogP contribution in [-0.4, -0.2) is 41.7 Å². The zero-order valence-electron chi connectivity index (χ0n) is 11.4.